The maximum absolute atomic E-state index is 13.8. The molecule has 2 saturated heterocycles. The number of fused-ring (bicyclic) bond motifs is 2. The van der Waals surface area contributed by atoms with Crippen molar-refractivity contribution in [1.82, 2.24) is 19.8 Å². The van der Waals surface area contributed by atoms with Crippen molar-refractivity contribution in [3.63, 3.8) is 0 Å². The van der Waals surface area contributed by atoms with Crippen LogP contribution in [0.25, 0.3) is 10.8 Å². The fraction of sp³-hybridized carbons (Fsp3) is 0.438. The van der Waals surface area contributed by atoms with Gasteiger partial charge in [-0.1, -0.05) is 30.8 Å². The topological polar surface area (TPSA) is 88.8 Å². The highest BCUT2D eigenvalue weighted by Crippen LogP contribution is 2.39. The van der Waals surface area contributed by atoms with E-state index >= 15 is 0 Å². The minimum atomic E-state index is -2.69. The molecule has 0 bridgehead atoms. The van der Waals surface area contributed by atoms with Gasteiger partial charge in [0.05, 0.1) is 17.9 Å². The van der Waals surface area contributed by atoms with Gasteiger partial charge in [-0.15, -0.1) is 0 Å². The van der Waals surface area contributed by atoms with Crippen molar-refractivity contribution in [2.45, 2.75) is 38.3 Å². The van der Waals surface area contributed by atoms with Gasteiger partial charge in [0.2, 0.25) is 11.8 Å². The van der Waals surface area contributed by atoms with Gasteiger partial charge in [0, 0.05) is 49.7 Å². The Morgan fingerprint density at radius 1 is 1.16 bits per heavy atom. The van der Waals surface area contributed by atoms with Crippen LogP contribution in [0.1, 0.15) is 41.8 Å². The van der Waals surface area contributed by atoms with Crippen LogP contribution in [0, 0.1) is 11.3 Å². The standard InChI is InChI=1S/C32H35F2N7O2/c1-3-28(42)39-13-15-40(16-14-39)29-24-10-12-41(31-23-9-5-4-7-21(23)17-26(36-31)30(33)34)19-27(24)37-32(25(29)18-35)43-20-22-8-6-11-38(22)2/h3-5,7,9,17,22,30H,1,6,8,10-16,19-20H2,2H3/t22-/m0/s1. The number of nitriles is 1. The second kappa shape index (κ2) is 12.1. The molecule has 3 aliphatic heterocycles. The van der Waals surface area contributed by atoms with Crippen molar-refractivity contribution in [1.29, 1.82) is 5.26 Å². The van der Waals surface area contributed by atoms with Gasteiger partial charge >= 0.3 is 0 Å². The van der Waals surface area contributed by atoms with E-state index in [0.29, 0.717) is 74.9 Å². The van der Waals surface area contributed by atoms with Crippen LogP contribution < -0.4 is 14.5 Å². The van der Waals surface area contributed by atoms with Gasteiger partial charge in [-0.25, -0.2) is 18.7 Å². The summed E-state index contributed by atoms with van der Waals surface area (Å²) in [6.07, 6.45) is 1.30. The van der Waals surface area contributed by atoms with Crippen LogP contribution in [0.4, 0.5) is 20.3 Å². The minimum absolute atomic E-state index is 0.108. The van der Waals surface area contributed by atoms with E-state index in [4.69, 9.17) is 9.72 Å². The number of anilines is 2. The van der Waals surface area contributed by atoms with Crippen LogP contribution >= 0.6 is 0 Å². The SMILES string of the molecule is C=CC(=O)N1CCN(c2c(C#N)c(OC[C@@H]3CCCN3C)nc3c2CCN(c2nc(C(F)F)cc4ccccc24)C3)CC1. The fourth-order valence-electron chi connectivity index (χ4n) is 6.47. The number of aromatic nitrogens is 2. The van der Waals surface area contributed by atoms with Gasteiger partial charge in [-0.3, -0.25) is 4.79 Å². The smallest absolute Gasteiger partial charge is 0.280 e. The van der Waals surface area contributed by atoms with Gasteiger partial charge in [0.15, 0.2) is 0 Å². The average molecular weight is 588 g/mol. The average Bonchev–Trinajstić information content (AvgIpc) is 3.45. The molecular weight excluding hydrogens is 552 g/mol. The highest BCUT2D eigenvalue weighted by Gasteiger charge is 2.32. The van der Waals surface area contributed by atoms with E-state index in [9.17, 15) is 18.8 Å². The molecule has 6 rings (SSSR count). The third-order valence-corrected chi connectivity index (χ3v) is 8.83. The van der Waals surface area contributed by atoms with Gasteiger partial charge in [0.1, 0.15) is 29.8 Å². The van der Waals surface area contributed by atoms with Crippen LogP contribution in [-0.2, 0) is 17.8 Å². The van der Waals surface area contributed by atoms with E-state index in [1.54, 1.807) is 4.90 Å². The Labute approximate surface area is 250 Å². The third kappa shape index (κ3) is 5.59. The molecule has 0 aliphatic carbocycles. The molecule has 0 unspecified atom stereocenters. The van der Waals surface area contributed by atoms with Crippen molar-refractivity contribution in [3.05, 3.63) is 65.5 Å². The molecule has 2 fully saturated rings. The van der Waals surface area contributed by atoms with Crippen LogP contribution in [0.2, 0.25) is 0 Å². The number of ether oxygens (including phenoxy) is 1. The van der Waals surface area contributed by atoms with Gasteiger partial charge in [0.25, 0.3) is 6.43 Å². The zero-order chi connectivity index (χ0) is 30.1. The predicted octanol–water partition coefficient (Wildman–Crippen LogP) is 4.31. The number of amides is 1. The second-order valence-electron chi connectivity index (χ2n) is 11.3. The zero-order valence-electron chi connectivity index (χ0n) is 24.3. The molecule has 43 heavy (non-hydrogen) atoms. The maximum Gasteiger partial charge on any atom is 0.280 e. The van der Waals surface area contributed by atoms with Gasteiger partial charge in [-0.05, 0) is 50.4 Å². The molecule has 1 atom stereocenters. The lowest BCUT2D eigenvalue weighted by Gasteiger charge is -2.39. The molecule has 1 amide bonds. The quantitative estimate of drug-likeness (QED) is 0.378. The summed E-state index contributed by atoms with van der Waals surface area (Å²) < 4.78 is 34.0. The molecule has 11 heteroatoms. The Bertz CT molecular complexity index is 1580. The molecule has 9 nitrogen and oxygen atoms in total. The lowest BCUT2D eigenvalue weighted by molar-refractivity contribution is -0.126. The molecule has 0 radical (unpaired) electrons. The number of likely N-dealkylation sites (tertiary alicyclic amines) is 1. The summed E-state index contributed by atoms with van der Waals surface area (Å²) in [5, 5.41) is 11.9. The molecule has 3 aliphatic rings. The first-order valence-corrected chi connectivity index (χ1v) is 14.8. The Hall–Kier alpha value is -4.30. The summed E-state index contributed by atoms with van der Waals surface area (Å²) >= 11 is 0. The number of rotatable bonds is 7. The van der Waals surface area contributed by atoms with E-state index in [2.05, 4.69) is 34.5 Å². The van der Waals surface area contributed by atoms with Gasteiger partial charge < -0.3 is 24.3 Å². The van der Waals surface area contributed by atoms with Gasteiger partial charge in [-0.2, -0.15) is 5.26 Å². The Morgan fingerprint density at radius 3 is 2.65 bits per heavy atom. The molecule has 0 N–H and O–H groups in total. The molecule has 3 aromatic rings. The number of pyridine rings is 2. The zero-order valence-corrected chi connectivity index (χ0v) is 24.3. The summed E-state index contributed by atoms with van der Waals surface area (Å²) in [5.74, 6) is 0.684. The lowest BCUT2D eigenvalue weighted by atomic mass is 9.97. The number of halogens is 2. The second-order valence-corrected chi connectivity index (χ2v) is 11.3. The minimum Gasteiger partial charge on any atom is -0.475 e. The number of benzene rings is 1. The van der Waals surface area contributed by atoms with Crippen LogP contribution in [-0.4, -0.2) is 84.6 Å². The first-order valence-electron chi connectivity index (χ1n) is 14.8. The first kappa shape index (κ1) is 28.8. The summed E-state index contributed by atoms with van der Waals surface area (Å²) in [6.45, 7) is 8.04. The molecular formula is C32H35F2N7O2. The largest absolute Gasteiger partial charge is 0.475 e. The fourth-order valence-corrected chi connectivity index (χ4v) is 6.47. The van der Waals surface area contributed by atoms with Crippen molar-refractivity contribution in [3.8, 4) is 11.9 Å². The normalized spacial score (nSPS) is 19.0. The van der Waals surface area contributed by atoms with Crippen molar-refractivity contribution >= 4 is 28.2 Å². The summed E-state index contributed by atoms with van der Waals surface area (Å²) in [5.41, 5.74) is 2.64. The molecule has 1 aromatic carbocycles. The first-order chi connectivity index (χ1) is 20.9. The molecule has 2 aromatic heterocycles. The number of alkyl halides is 2. The summed E-state index contributed by atoms with van der Waals surface area (Å²) in [6, 6.07) is 11.5. The van der Waals surface area contributed by atoms with Crippen molar-refractivity contribution in [2.75, 3.05) is 62.7 Å². The van der Waals surface area contributed by atoms with E-state index in [-0.39, 0.29) is 17.6 Å². The van der Waals surface area contributed by atoms with Crippen LogP contribution in [0.3, 0.4) is 0 Å². The number of carbonyl (C=O) groups excluding carboxylic acids is 1. The van der Waals surface area contributed by atoms with Crippen LogP contribution in [0.15, 0.2) is 43.0 Å². The van der Waals surface area contributed by atoms with E-state index in [0.717, 1.165) is 41.7 Å². The predicted molar refractivity (Wildman–Crippen MR) is 161 cm³/mol. The number of piperazine rings is 1. The molecule has 0 spiro atoms. The number of likely N-dealkylation sites (N-methyl/N-ethyl adjacent to an activating group) is 1. The van der Waals surface area contributed by atoms with Crippen molar-refractivity contribution in [2.24, 2.45) is 0 Å². The molecule has 0 saturated carbocycles. The Kier molecular flexibility index (Phi) is 8.13. The van der Waals surface area contributed by atoms with E-state index in [1.165, 1.54) is 12.1 Å². The number of nitrogens with zero attached hydrogens (tertiary/aromatic N) is 7. The highest BCUT2D eigenvalue weighted by molar-refractivity contribution is 5.93. The summed E-state index contributed by atoms with van der Waals surface area (Å²) in [4.78, 5) is 29.7. The Morgan fingerprint density at radius 2 is 1.95 bits per heavy atom. The highest BCUT2D eigenvalue weighted by atomic mass is 19.3. The lowest BCUT2D eigenvalue weighted by Crippen LogP contribution is -2.49. The monoisotopic (exact) mass is 587 g/mol. The Balaban J connectivity index is 1.39. The van der Waals surface area contributed by atoms with Crippen LogP contribution in [0.5, 0.6) is 5.88 Å². The number of hydrogen-bond acceptors (Lipinski definition) is 8. The summed E-state index contributed by atoms with van der Waals surface area (Å²) in [7, 11) is 2.07. The number of carbonyl (C=O) groups is 1. The van der Waals surface area contributed by atoms with E-state index < -0.39 is 6.43 Å². The third-order valence-electron chi connectivity index (χ3n) is 8.83. The maximum atomic E-state index is 13.8. The molecule has 5 heterocycles. The van der Waals surface area contributed by atoms with Crippen molar-refractivity contribution < 1.29 is 18.3 Å². The molecule has 224 valence electrons. The number of hydrogen-bond donors (Lipinski definition) is 0. The van der Waals surface area contributed by atoms with E-state index in [1.807, 2.05) is 29.2 Å².